The van der Waals surface area contributed by atoms with Crippen LogP contribution in [0.15, 0.2) is 41.8 Å². The summed E-state index contributed by atoms with van der Waals surface area (Å²) in [7, 11) is 0. The van der Waals surface area contributed by atoms with Crippen LogP contribution in [-0.4, -0.2) is 29.8 Å². The van der Waals surface area contributed by atoms with Gasteiger partial charge in [0.25, 0.3) is 5.91 Å². The number of carbonyl (C=O) groups excluding carboxylic acids is 2. The van der Waals surface area contributed by atoms with Gasteiger partial charge >= 0.3 is 0 Å². The molecule has 0 radical (unpaired) electrons. The van der Waals surface area contributed by atoms with Crippen LogP contribution in [0, 0.1) is 0 Å². The standard InChI is InChI=1S/C20H26N2O2S/c1-5-22(14-17-7-6-12-25-17)18(23)13-21-19(24)15-8-10-16(11-9-15)20(2,3)4/h6-12H,5,13-14H2,1-4H3,(H,21,24). The first-order valence-corrected chi connectivity index (χ1v) is 9.38. The van der Waals surface area contributed by atoms with Crippen molar-refractivity contribution in [3.05, 3.63) is 57.8 Å². The number of hydrogen-bond donors (Lipinski definition) is 1. The fourth-order valence-corrected chi connectivity index (χ4v) is 3.18. The van der Waals surface area contributed by atoms with E-state index in [1.165, 1.54) is 5.56 Å². The molecule has 0 spiro atoms. The number of likely N-dealkylation sites (N-methyl/N-ethyl adjacent to an activating group) is 1. The number of carbonyl (C=O) groups is 2. The predicted molar refractivity (Wildman–Crippen MR) is 103 cm³/mol. The van der Waals surface area contributed by atoms with Gasteiger partial charge in [-0.3, -0.25) is 9.59 Å². The molecule has 1 heterocycles. The molecule has 2 rings (SSSR count). The zero-order valence-electron chi connectivity index (χ0n) is 15.3. The van der Waals surface area contributed by atoms with Crippen molar-refractivity contribution in [1.29, 1.82) is 0 Å². The van der Waals surface area contributed by atoms with Crippen molar-refractivity contribution in [3.8, 4) is 0 Å². The molecule has 0 aliphatic heterocycles. The first-order chi connectivity index (χ1) is 11.8. The number of nitrogens with zero attached hydrogens (tertiary/aromatic N) is 1. The molecule has 0 aliphatic carbocycles. The summed E-state index contributed by atoms with van der Waals surface area (Å²) in [5, 5.41) is 4.72. The van der Waals surface area contributed by atoms with Gasteiger partial charge in [-0.25, -0.2) is 0 Å². The Bertz CT molecular complexity index is 700. The normalized spacial score (nSPS) is 11.2. The van der Waals surface area contributed by atoms with Crippen LogP contribution in [0.5, 0.6) is 0 Å². The molecule has 1 aromatic carbocycles. The Morgan fingerprint density at radius 2 is 1.80 bits per heavy atom. The second-order valence-corrected chi connectivity index (χ2v) is 8.03. The zero-order chi connectivity index (χ0) is 18.4. The van der Waals surface area contributed by atoms with Crippen molar-refractivity contribution in [2.45, 2.75) is 39.7 Å². The van der Waals surface area contributed by atoms with E-state index in [-0.39, 0.29) is 23.8 Å². The van der Waals surface area contributed by atoms with Crippen molar-refractivity contribution in [3.63, 3.8) is 0 Å². The lowest BCUT2D eigenvalue weighted by Crippen LogP contribution is -2.39. The van der Waals surface area contributed by atoms with Crippen LogP contribution in [0.1, 0.15) is 48.5 Å². The molecular formula is C20H26N2O2S. The van der Waals surface area contributed by atoms with Crippen LogP contribution >= 0.6 is 11.3 Å². The Morgan fingerprint density at radius 3 is 2.32 bits per heavy atom. The Balaban J connectivity index is 1.90. The summed E-state index contributed by atoms with van der Waals surface area (Å²) in [4.78, 5) is 27.5. The van der Waals surface area contributed by atoms with Crippen LogP contribution in [0.3, 0.4) is 0 Å². The van der Waals surface area contributed by atoms with Crippen LogP contribution in [0.2, 0.25) is 0 Å². The summed E-state index contributed by atoms with van der Waals surface area (Å²) < 4.78 is 0. The molecule has 1 aromatic heterocycles. The molecule has 0 saturated carbocycles. The zero-order valence-corrected chi connectivity index (χ0v) is 16.2. The van der Waals surface area contributed by atoms with Crippen molar-refractivity contribution in [2.24, 2.45) is 0 Å². The first kappa shape index (κ1) is 19.2. The minimum Gasteiger partial charge on any atom is -0.343 e. The molecule has 1 N–H and O–H groups in total. The van der Waals surface area contributed by atoms with E-state index in [2.05, 4.69) is 26.1 Å². The molecule has 25 heavy (non-hydrogen) atoms. The SMILES string of the molecule is CCN(Cc1cccs1)C(=O)CNC(=O)c1ccc(C(C)(C)C)cc1. The van der Waals surface area contributed by atoms with Gasteiger partial charge in [-0.15, -0.1) is 11.3 Å². The smallest absolute Gasteiger partial charge is 0.251 e. The topological polar surface area (TPSA) is 49.4 Å². The van der Waals surface area contributed by atoms with Crippen molar-refractivity contribution >= 4 is 23.2 Å². The summed E-state index contributed by atoms with van der Waals surface area (Å²) >= 11 is 1.63. The van der Waals surface area contributed by atoms with Gasteiger partial charge in [0, 0.05) is 17.0 Å². The highest BCUT2D eigenvalue weighted by atomic mass is 32.1. The number of nitrogens with one attached hydrogen (secondary N) is 1. The average Bonchev–Trinajstić information content (AvgIpc) is 3.09. The highest BCUT2D eigenvalue weighted by Gasteiger charge is 2.16. The third kappa shape index (κ3) is 5.43. The average molecular weight is 359 g/mol. The lowest BCUT2D eigenvalue weighted by Gasteiger charge is -2.21. The van der Waals surface area contributed by atoms with Crippen LogP contribution in [0.4, 0.5) is 0 Å². The van der Waals surface area contributed by atoms with Gasteiger partial charge in [0.05, 0.1) is 13.1 Å². The lowest BCUT2D eigenvalue weighted by atomic mass is 9.87. The number of rotatable bonds is 6. The minimum atomic E-state index is -0.221. The highest BCUT2D eigenvalue weighted by molar-refractivity contribution is 7.09. The Kier molecular flexibility index (Phi) is 6.37. The van der Waals surface area contributed by atoms with Crippen molar-refractivity contribution in [2.75, 3.05) is 13.1 Å². The van der Waals surface area contributed by atoms with E-state index in [1.807, 2.05) is 48.7 Å². The molecule has 0 aliphatic rings. The van der Waals surface area contributed by atoms with Gasteiger partial charge in [0.2, 0.25) is 5.91 Å². The fourth-order valence-electron chi connectivity index (χ4n) is 2.46. The molecule has 4 nitrogen and oxygen atoms in total. The van der Waals surface area contributed by atoms with Crippen molar-refractivity contribution < 1.29 is 9.59 Å². The molecule has 0 unspecified atom stereocenters. The lowest BCUT2D eigenvalue weighted by molar-refractivity contribution is -0.130. The van der Waals surface area contributed by atoms with Gasteiger partial charge in [-0.2, -0.15) is 0 Å². The predicted octanol–water partition coefficient (Wildman–Crippen LogP) is 3.82. The second kappa shape index (κ2) is 8.30. The van der Waals surface area contributed by atoms with E-state index in [1.54, 1.807) is 16.2 Å². The molecule has 2 aromatic rings. The molecule has 134 valence electrons. The second-order valence-electron chi connectivity index (χ2n) is 7.00. The highest BCUT2D eigenvalue weighted by Crippen LogP contribution is 2.22. The molecule has 0 bridgehead atoms. The van der Waals surface area contributed by atoms with Crippen molar-refractivity contribution in [1.82, 2.24) is 10.2 Å². The molecule has 5 heteroatoms. The molecule has 2 amide bonds. The quantitative estimate of drug-likeness (QED) is 0.853. The number of amides is 2. The van der Waals surface area contributed by atoms with E-state index < -0.39 is 0 Å². The van der Waals surface area contributed by atoms with E-state index >= 15 is 0 Å². The van der Waals surface area contributed by atoms with E-state index in [9.17, 15) is 9.59 Å². The van der Waals surface area contributed by atoms with E-state index in [4.69, 9.17) is 0 Å². The number of thiophene rings is 1. The summed E-state index contributed by atoms with van der Waals surface area (Å²) in [6, 6.07) is 11.5. The van der Waals surface area contributed by atoms with Gasteiger partial charge in [-0.05, 0) is 41.5 Å². The van der Waals surface area contributed by atoms with E-state index in [0.717, 1.165) is 4.88 Å². The third-order valence-corrected chi connectivity index (χ3v) is 4.94. The van der Waals surface area contributed by atoms with Crippen LogP contribution < -0.4 is 5.32 Å². The first-order valence-electron chi connectivity index (χ1n) is 8.50. The van der Waals surface area contributed by atoms with Crippen LogP contribution in [0.25, 0.3) is 0 Å². The summed E-state index contributed by atoms with van der Waals surface area (Å²) in [5.74, 6) is -0.295. The number of hydrogen-bond acceptors (Lipinski definition) is 3. The summed E-state index contributed by atoms with van der Waals surface area (Å²) in [5.41, 5.74) is 1.80. The van der Waals surface area contributed by atoms with Gasteiger partial charge in [-0.1, -0.05) is 39.0 Å². The maximum atomic E-state index is 12.3. The largest absolute Gasteiger partial charge is 0.343 e. The maximum Gasteiger partial charge on any atom is 0.251 e. The maximum absolute atomic E-state index is 12.3. The third-order valence-electron chi connectivity index (χ3n) is 4.07. The summed E-state index contributed by atoms with van der Waals surface area (Å²) in [6.45, 7) is 9.56. The summed E-state index contributed by atoms with van der Waals surface area (Å²) in [6.07, 6.45) is 0. The molecule has 0 saturated heterocycles. The Hall–Kier alpha value is -2.14. The van der Waals surface area contributed by atoms with Gasteiger partial charge < -0.3 is 10.2 Å². The molecule has 0 atom stereocenters. The Morgan fingerprint density at radius 1 is 1.12 bits per heavy atom. The van der Waals surface area contributed by atoms with E-state index in [0.29, 0.717) is 18.7 Å². The van der Waals surface area contributed by atoms with Gasteiger partial charge in [0.15, 0.2) is 0 Å². The van der Waals surface area contributed by atoms with Crippen LogP contribution in [-0.2, 0) is 16.8 Å². The fraction of sp³-hybridized carbons (Fsp3) is 0.400. The van der Waals surface area contributed by atoms with Gasteiger partial charge in [0.1, 0.15) is 0 Å². The number of benzene rings is 1. The molecule has 0 fully saturated rings. The Labute approximate surface area is 153 Å². The molecular weight excluding hydrogens is 332 g/mol. The monoisotopic (exact) mass is 358 g/mol. The minimum absolute atomic E-state index is 0.0130.